The highest BCUT2D eigenvalue weighted by Gasteiger charge is 2.27. The predicted octanol–water partition coefficient (Wildman–Crippen LogP) is 1.48. The molecule has 0 heterocycles. The van der Waals surface area contributed by atoms with E-state index in [1.807, 2.05) is 30.3 Å². The molecule has 1 aromatic carbocycles. The number of amides is 1. The number of carbonyl (C=O) groups is 3. The summed E-state index contributed by atoms with van der Waals surface area (Å²) in [5, 5.41) is 2.63. The number of rotatable bonds is 8. The second-order valence-electron chi connectivity index (χ2n) is 5.29. The molecule has 1 N–H and O–H groups in total. The van der Waals surface area contributed by atoms with Crippen LogP contribution in [0.15, 0.2) is 30.3 Å². The molecule has 0 saturated carbocycles. The van der Waals surface area contributed by atoms with Crippen molar-refractivity contribution in [3.63, 3.8) is 0 Å². The minimum atomic E-state index is -0.864. The van der Waals surface area contributed by atoms with Crippen LogP contribution in [0.5, 0.6) is 0 Å². The summed E-state index contributed by atoms with van der Waals surface area (Å²) >= 11 is 0. The van der Waals surface area contributed by atoms with Crippen molar-refractivity contribution in [1.82, 2.24) is 5.32 Å². The van der Waals surface area contributed by atoms with Crippen molar-refractivity contribution in [3.05, 3.63) is 35.9 Å². The van der Waals surface area contributed by atoms with Crippen LogP contribution in [0.3, 0.4) is 0 Å². The van der Waals surface area contributed by atoms with E-state index in [9.17, 15) is 14.4 Å². The molecule has 0 spiro atoms. The monoisotopic (exact) mass is 321 g/mol. The Hall–Kier alpha value is -2.37. The summed E-state index contributed by atoms with van der Waals surface area (Å²) in [6, 6.07) is 8.72. The van der Waals surface area contributed by atoms with Crippen LogP contribution in [0, 0.1) is 5.92 Å². The summed E-state index contributed by atoms with van der Waals surface area (Å²) < 4.78 is 9.32. The Labute approximate surface area is 136 Å². The van der Waals surface area contributed by atoms with Crippen LogP contribution in [0.2, 0.25) is 0 Å². The molecule has 0 unspecified atom stereocenters. The summed E-state index contributed by atoms with van der Waals surface area (Å²) in [7, 11) is 2.53. The lowest BCUT2D eigenvalue weighted by molar-refractivity contribution is -0.148. The number of hydrogen-bond acceptors (Lipinski definition) is 5. The average molecular weight is 321 g/mol. The second kappa shape index (κ2) is 9.61. The van der Waals surface area contributed by atoms with Gasteiger partial charge in [-0.2, -0.15) is 0 Å². The third-order valence-electron chi connectivity index (χ3n) is 3.50. The molecule has 0 radical (unpaired) electrons. The van der Waals surface area contributed by atoms with E-state index in [4.69, 9.17) is 0 Å². The van der Waals surface area contributed by atoms with Crippen LogP contribution >= 0.6 is 0 Å². The lowest BCUT2D eigenvalue weighted by Crippen LogP contribution is -2.43. The molecule has 6 heteroatoms. The lowest BCUT2D eigenvalue weighted by Gasteiger charge is -2.19. The van der Waals surface area contributed by atoms with E-state index in [-0.39, 0.29) is 18.7 Å². The van der Waals surface area contributed by atoms with E-state index in [0.29, 0.717) is 6.42 Å². The third-order valence-corrected chi connectivity index (χ3v) is 3.50. The van der Waals surface area contributed by atoms with Crippen molar-refractivity contribution in [2.75, 3.05) is 14.2 Å². The highest BCUT2D eigenvalue weighted by Crippen LogP contribution is 2.10. The molecule has 6 nitrogen and oxygen atoms in total. The average Bonchev–Trinajstić information content (AvgIpc) is 2.58. The van der Waals surface area contributed by atoms with E-state index < -0.39 is 23.9 Å². The van der Waals surface area contributed by atoms with Gasteiger partial charge in [0.25, 0.3) is 0 Å². The summed E-state index contributed by atoms with van der Waals surface area (Å²) in [5.74, 6) is -1.79. The van der Waals surface area contributed by atoms with E-state index >= 15 is 0 Å². The van der Waals surface area contributed by atoms with Gasteiger partial charge in [-0.25, -0.2) is 4.79 Å². The Kier molecular flexibility index (Phi) is 7.80. The van der Waals surface area contributed by atoms with Crippen LogP contribution in [0.4, 0.5) is 0 Å². The van der Waals surface area contributed by atoms with E-state index in [2.05, 4.69) is 14.8 Å². The van der Waals surface area contributed by atoms with Crippen LogP contribution < -0.4 is 5.32 Å². The van der Waals surface area contributed by atoms with Crippen molar-refractivity contribution in [2.24, 2.45) is 5.92 Å². The first-order valence-corrected chi connectivity index (χ1v) is 7.46. The fourth-order valence-corrected chi connectivity index (χ4v) is 2.18. The molecule has 0 aromatic heterocycles. The minimum absolute atomic E-state index is 0.135. The van der Waals surface area contributed by atoms with Gasteiger partial charge in [0.15, 0.2) is 0 Å². The van der Waals surface area contributed by atoms with E-state index in [1.54, 1.807) is 6.92 Å². The van der Waals surface area contributed by atoms with Crippen molar-refractivity contribution in [2.45, 2.75) is 32.2 Å². The predicted molar refractivity (Wildman–Crippen MR) is 84.5 cm³/mol. The first-order valence-electron chi connectivity index (χ1n) is 7.46. The van der Waals surface area contributed by atoms with Crippen molar-refractivity contribution < 1.29 is 23.9 Å². The largest absolute Gasteiger partial charge is 0.469 e. The highest BCUT2D eigenvalue weighted by atomic mass is 16.5. The van der Waals surface area contributed by atoms with Gasteiger partial charge in [0.1, 0.15) is 6.04 Å². The molecule has 1 amide bonds. The van der Waals surface area contributed by atoms with Crippen LogP contribution in [0.25, 0.3) is 0 Å². The molecule has 2 atom stereocenters. The van der Waals surface area contributed by atoms with Gasteiger partial charge in [-0.3, -0.25) is 9.59 Å². The number of carbonyl (C=O) groups excluding carboxylic acids is 3. The zero-order valence-electron chi connectivity index (χ0n) is 13.7. The first-order chi connectivity index (χ1) is 11.0. The topological polar surface area (TPSA) is 81.7 Å². The minimum Gasteiger partial charge on any atom is -0.469 e. The second-order valence-corrected chi connectivity index (χ2v) is 5.29. The van der Waals surface area contributed by atoms with Gasteiger partial charge in [0, 0.05) is 6.42 Å². The Bertz CT molecular complexity index is 529. The number of benzene rings is 1. The SMILES string of the molecule is COC(=O)[C@@H](C)C[C@@H](NC(=O)CCc1ccccc1)C(=O)OC. The summed E-state index contributed by atoms with van der Waals surface area (Å²) in [6.07, 6.45) is 0.966. The van der Waals surface area contributed by atoms with Gasteiger partial charge in [0.05, 0.1) is 20.1 Å². The number of nitrogens with one attached hydrogen (secondary N) is 1. The highest BCUT2D eigenvalue weighted by molar-refractivity contribution is 5.85. The zero-order chi connectivity index (χ0) is 17.2. The van der Waals surface area contributed by atoms with Gasteiger partial charge in [-0.15, -0.1) is 0 Å². The molecule has 0 aliphatic rings. The van der Waals surface area contributed by atoms with Gasteiger partial charge in [-0.05, 0) is 18.4 Å². The van der Waals surface area contributed by atoms with Gasteiger partial charge >= 0.3 is 11.9 Å². The molecule has 23 heavy (non-hydrogen) atoms. The standard InChI is InChI=1S/C17H23NO5/c1-12(16(20)22-2)11-14(17(21)23-3)18-15(19)10-9-13-7-5-4-6-8-13/h4-8,12,14H,9-11H2,1-3H3,(H,18,19)/t12-,14+/m0/s1. The summed E-state index contributed by atoms with van der Waals surface area (Å²) in [6.45, 7) is 1.64. The fourth-order valence-electron chi connectivity index (χ4n) is 2.18. The zero-order valence-corrected chi connectivity index (χ0v) is 13.7. The number of methoxy groups -OCH3 is 2. The lowest BCUT2D eigenvalue weighted by atomic mass is 10.0. The van der Waals surface area contributed by atoms with Crippen LogP contribution in [0.1, 0.15) is 25.3 Å². The normalized spacial score (nSPS) is 12.8. The molecule has 126 valence electrons. The van der Waals surface area contributed by atoms with Gasteiger partial charge in [0.2, 0.25) is 5.91 Å². The molecular weight excluding hydrogens is 298 g/mol. The summed E-state index contributed by atoms with van der Waals surface area (Å²) in [4.78, 5) is 35.3. The Morgan fingerprint density at radius 3 is 2.22 bits per heavy atom. The van der Waals surface area contributed by atoms with E-state index in [1.165, 1.54) is 14.2 Å². The molecule has 1 rings (SSSR count). The van der Waals surface area contributed by atoms with Crippen molar-refractivity contribution in [3.8, 4) is 0 Å². The maximum atomic E-state index is 12.0. The molecule has 0 saturated heterocycles. The first kappa shape index (κ1) is 18.7. The maximum absolute atomic E-state index is 12.0. The van der Waals surface area contributed by atoms with Crippen molar-refractivity contribution >= 4 is 17.8 Å². The Balaban J connectivity index is 2.57. The fraction of sp³-hybridized carbons (Fsp3) is 0.471. The smallest absolute Gasteiger partial charge is 0.328 e. The van der Waals surface area contributed by atoms with Gasteiger partial charge < -0.3 is 14.8 Å². The maximum Gasteiger partial charge on any atom is 0.328 e. The summed E-state index contributed by atoms with van der Waals surface area (Å²) in [5.41, 5.74) is 1.04. The quantitative estimate of drug-likeness (QED) is 0.733. The third kappa shape index (κ3) is 6.50. The number of hydrogen-bond donors (Lipinski definition) is 1. The van der Waals surface area contributed by atoms with Crippen molar-refractivity contribution in [1.29, 1.82) is 0 Å². The van der Waals surface area contributed by atoms with Crippen LogP contribution in [-0.4, -0.2) is 38.1 Å². The van der Waals surface area contributed by atoms with E-state index in [0.717, 1.165) is 5.56 Å². The molecule has 1 aromatic rings. The Morgan fingerprint density at radius 2 is 1.65 bits per heavy atom. The molecule has 0 aliphatic carbocycles. The molecule has 0 aliphatic heterocycles. The number of esters is 2. The number of aryl methyl sites for hydroxylation is 1. The van der Waals surface area contributed by atoms with Crippen LogP contribution in [-0.2, 0) is 30.3 Å². The molecular formula is C17H23NO5. The van der Waals surface area contributed by atoms with Gasteiger partial charge in [-0.1, -0.05) is 37.3 Å². The number of ether oxygens (including phenoxy) is 2. The Morgan fingerprint density at radius 1 is 1.04 bits per heavy atom. The molecule has 0 fully saturated rings. The molecule has 0 bridgehead atoms.